The van der Waals surface area contributed by atoms with Crippen molar-refractivity contribution in [1.29, 1.82) is 0 Å². The summed E-state index contributed by atoms with van der Waals surface area (Å²) in [6.07, 6.45) is 1.31. The fraction of sp³-hybridized carbons (Fsp3) is 0.625. The maximum absolute atomic E-state index is 5.87. The lowest BCUT2D eigenvalue weighted by Crippen LogP contribution is -2.37. The first kappa shape index (κ1) is 16.5. The molecule has 2 atom stereocenters. The summed E-state index contributed by atoms with van der Waals surface area (Å²) in [5.74, 6) is 1.66. The second-order valence-corrected chi connectivity index (χ2v) is 6.29. The molecule has 0 bridgehead atoms. The van der Waals surface area contributed by atoms with Crippen molar-refractivity contribution in [2.24, 2.45) is 11.8 Å². The average Bonchev–Trinajstić information content (AvgIpc) is 2.35. The van der Waals surface area contributed by atoms with Crippen LogP contribution >= 0.6 is 15.9 Å². The van der Waals surface area contributed by atoms with Gasteiger partial charge in [-0.05, 0) is 48.6 Å². The van der Waals surface area contributed by atoms with Crippen LogP contribution < -0.4 is 5.73 Å². The molecule has 1 aliphatic heterocycles. The van der Waals surface area contributed by atoms with Crippen molar-refractivity contribution in [1.82, 2.24) is 4.90 Å². The van der Waals surface area contributed by atoms with Gasteiger partial charge in [0, 0.05) is 23.2 Å². The van der Waals surface area contributed by atoms with Gasteiger partial charge >= 0.3 is 0 Å². The van der Waals surface area contributed by atoms with Gasteiger partial charge < -0.3 is 5.73 Å². The van der Waals surface area contributed by atoms with Crippen LogP contribution in [0.1, 0.15) is 39.7 Å². The van der Waals surface area contributed by atoms with Gasteiger partial charge in [0.2, 0.25) is 0 Å². The Morgan fingerprint density at radius 3 is 2.47 bits per heavy atom. The van der Waals surface area contributed by atoms with E-state index in [4.69, 9.17) is 5.73 Å². The minimum absolute atomic E-state index is 0.799. The van der Waals surface area contributed by atoms with E-state index in [0.717, 1.165) is 28.5 Å². The van der Waals surface area contributed by atoms with Crippen molar-refractivity contribution in [2.45, 2.75) is 40.7 Å². The molecule has 1 saturated heterocycles. The van der Waals surface area contributed by atoms with E-state index in [1.165, 1.54) is 25.1 Å². The Hall–Kier alpha value is -0.540. The lowest BCUT2D eigenvalue weighted by molar-refractivity contribution is 0.132. The molecule has 1 aromatic carbocycles. The standard InChI is InChI=1S/C14H21BrN2.C2H6/c1-10-3-4-17(8-11(10)2)9-12-5-13(15)7-14(16)6-12;1-2/h5-7,10-11H,3-4,8-9,16H2,1-2H3;1-2H3. The van der Waals surface area contributed by atoms with Crippen LogP contribution in [-0.2, 0) is 6.54 Å². The lowest BCUT2D eigenvalue weighted by atomic mass is 9.88. The van der Waals surface area contributed by atoms with Gasteiger partial charge in [-0.3, -0.25) is 4.90 Å². The lowest BCUT2D eigenvalue weighted by Gasteiger charge is -2.35. The largest absolute Gasteiger partial charge is 0.399 e. The number of likely N-dealkylation sites (tertiary alicyclic amines) is 1. The van der Waals surface area contributed by atoms with Crippen LogP contribution in [0.2, 0.25) is 0 Å². The molecule has 2 rings (SSSR count). The first-order valence-corrected chi connectivity index (χ1v) is 8.11. The van der Waals surface area contributed by atoms with Gasteiger partial charge in [-0.2, -0.15) is 0 Å². The van der Waals surface area contributed by atoms with Crippen LogP contribution in [0.4, 0.5) is 5.69 Å². The monoisotopic (exact) mass is 326 g/mol. The molecular weight excluding hydrogens is 300 g/mol. The highest BCUT2D eigenvalue weighted by molar-refractivity contribution is 9.10. The zero-order chi connectivity index (χ0) is 14.4. The number of rotatable bonds is 2. The molecule has 0 spiro atoms. The van der Waals surface area contributed by atoms with Crippen molar-refractivity contribution < 1.29 is 0 Å². The number of nitrogens with zero attached hydrogens (tertiary/aromatic N) is 1. The highest BCUT2D eigenvalue weighted by atomic mass is 79.9. The number of benzene rings is 1. The molecule has 2 N–H and O–H groups in total. The quantitative estimate of drug-likeness (QED) is 0.808. The Labute approximate surface area is 126 Å². The Balaban J connectivity index is 0.000000861. The number of hydrogen-bond donors (Lipinski definition) is 1. The third kappa shape index (κ3) is 5.15. The minimum Gasteiger partial charge on any atom is -0.399 e. The summed E-state index contributed by atoms with van der Waals surface area (Å²) in [6, 6.07) is 6.19. The van der Waals surface area contributed by atoms with Crippen molar-refractivity contribution in [2.75, 3.05) is 18.8 Å². The predicted molar refractivity (Wildman–Crippen MR) is 88.1 cm³/mol. The third-order valence-electron chi connectivity index (χ3n) is 3.80. The second-order valence-electron chi connectivity index (χ2n) is 5.37. The topological polar surface area (TPSA) is 29.3 Å². The maximum Gasteiger partial charge on any atom is 0.0328 e. The molecule has 0 radical (unpaired) electrons. The van der Waals surface area contributed by atoms with Gasteiger partial charge in [-0.15, -0.1) is 0 Å². The van der Waals surface area contributed by atoms with Crippen LogP contribution in [0.5, 0.6) is 0 Å². The predicted octanol–water partition coefficient (Wildman–Crippen LogP) is 4.54. The summed E-state index contributed by atoms with van der Waals surface area (Å²) in [5, 5.41) is 0. The zero-order valence-corrected chi connectivity index (χ0v) is 14.2. The highest BCUT2D eigenvalue weighted by Crippen LogP contribution is 2.25. The van der Waals surface area contributed by atoms with Crippen LogP contribution in [0, 0.1) is 11.8 Å². The number of anilines is 1. The molecule has 1 fully saturated rings. The summed E-state index contributed by atoms with van der Waals surface area (Å²) >= 11 is 3.50. The molecule has 2 nitrogen and oxygen atoms in total. The summed E-state index contributed by atoms with van der Waals surface area (Å²) in [6.45, 7) is 12.1. The highest BCUT2D eigenvalue weighted by Gasteiger charge is 2.22. The van der Waals surface area contributed by atoms with E-state index in [1.54, 1.807) is 0 Å². The fourth-order valence-corrected chi connectivity index (χ4v) is 3.08. The number of piperidine rings is 1. The molecule has 19 heavy (non-hydrogen) atoms. The number of nitrogens with two attached hydrogens (primary N) is 1. The number of nitrogen functional groups attached to an aromatic ring is 1. The summed E-state index contributed by atoms with van der Waals surface area (Å²) in [7, 11) is 0. The smallest absolute Gasteiger partial charge is 0.0328 e. The van der Waals surface area contributed by atoms with Gasteiger partial charge in [0.05, 0.1) is 0 Å². The van der Waals surface area contributed by atoms with Gasteiger partial charge in [-0.25, -0.2) is 0 Å². The fourth-order valence-electron chi connectivity index (χ4n) is 2.52. The first-order valence-electron chi connectivity index (χ1n) is 7.32. The number of hydrogen-bond acceptors (Lipinski definition) is 2. The van der Waals surface area contributed by atoms with Crippen molar-refractivity contribution in [3.63, 3.8) is 0 Å². The molecule has 2 unspecified atom stereocenters. The van der Waals surface area contributed by atoms with Crippen LogP contribution in [0.25, 0.3) is 0 Å². The van der Waals surface area contributed by atoms with Crippen molar-refractivity contribution >= 4 is 21.6 Å². The van der Waals surface area contributed by atoms with Gasteiger partial charge in [0.1, 0.15) is 0 Å². The molecule has 3 heteroatoms. The van der Waals surface area contributed by atoms with Crippen LogP contribution in [0.15, 0.2) is 22.7 Å². The van der Waals surface area contributed by atoms with Crippen LogP contribution in [-0.4, -0.2) is 18.0 Å². The summed E-state index contributed by atoms with van der Waals surface area (Å²) < 4.78 is 1.07. The van der Waals surface area contributed by atoms with Crippen LogP contribution in [0.3, 0.4) is 0 Å². The van der Waals surface area contributed by atoms with Gasteiger partial charge in [-0.1, -0.05) is 43.6 Å². The minimum atomic E-state index is 0.799. The van der Waals surface area contributed by atoms with Gasteiger partial charge in [0.15, 0.2) is 0 Å². The Kier molecular flexibility index (Phi) is 6.87. The molecule has 0 aromatic heterocycles. The van der Waals surface area contributed by atoms with Gasteiger partial charge in [0.25, 0.3) is 0 Å². The molecule has 1 aromatic rings. The van der Waals surface area contributed by atoms with E-state index in [0.29, 0.717) is 0 Å². The molecule has 108 valence electrons. The Morgan fingerprint density at radius 2 is 1.89 bits per heavy atom. The van der Waals surface area contributed by atoms with E-state index in [2.05, 4.69) is 46.8 Å². The molecule has 1 heterocycles. The Morgan fingerprint density at radius 1 is 1.21 bits per heavy atom. The molecular formula is C16H27BrN2. The second kappa shape index (κ2) is 7.91. The molecule has 0 saturated carbocycles. The average molecular weight is 327 g/mol. The van der Waals surface area contributed by atoms with E-state index < -0.39 is 0 Å². The number of halogens is 1. The summed E-state index contributed by atoms with van der Waals surface area (Å²) in [5.41, 5.74) is 8.01. The molecule has 0 amide bonds. The SMILES string of the molecule is CC.CC1CCN(Cc2cc(N)cc(Br)c2)CC1C. The van der Waals surface area contributed by atoms with E-state index in [9.17, 15) is 0 Å². The molecule has 1 aliphatic rings. The summed E-state index contributed by atoms with van der Waals surface area (Å²) in [4.78, 5) is 2.53. The van der Waals surface area contributed by atoms with E-state index in [-0.39, 0.29) is 0 Å². The van der Waals surface area contributed by atoms with E-state index >= 15 is 0 Å². The van der Waals surface area contributed by atoms with E-state index in [1.807, 2.05) is 19.9 Å². The maximum atomic E-state index is 5.87. The molecule has 0 aliphatic carbocycles. The zero-order valence-electron chi connectivity index (χ0n) is 12.6. The first-order chi connectivity index (χ1) is 9.04. The normalized spacial score (nSPS) is 23.6. The third-order valence-corrected chi connectivity index (χ3v) is 4.26. The van der Waals surface area contributed by atoms with Crippen molar-refractivity contribution in [3.05, 3.63) is 28.2 Å². The Bertz CT molecular complexity index is 372. The van der Waals surface area contributed by atoms with Crippen molar-refractivity contribution in [3.8, 4) is 0 Å².